The van der Waals surface area contributed by atoms with Crippen molar-refractivity contribution in [3.8, 4) is 0 Å². The lowest BCUT2D eigenvalue weighted by Crippen LogP contribution is -2.26. The van der Waals surface area contributed by atoms with Gasteiger partial charge < -0.3 is 14.4 Å². The summed E-state index contributed by atoms with van der Waals surface area (Å²) in [6.45, 7) is 5.56. The molecule has 1 heterocycles. The van der Waals surface area contributed by atoms with E-state index in [1.807, 2.05) is 0 Å². The van der Waals surface area contributed by atoms with Gasteiger partial charge in [-0.05, 0) is 37.1 Å². The molecule has 0 spiro atoms. The minimum absolute atomic E-state index is 0.238. The highest BCUT2D eigenvalue weighted by Gasteiger charge is 2.21. The fourth-order valence-corrected chi connectivity index (χ4v) is 2.33. The fraction of sp³-hybridized carbons (Fsp3) is 0.353. The summed E-state index contributed by atoms with van der Waals surface area (Å²) in [5.74, 6) is -0.880. The zero-order valence-electron chi connectivity index (χ0n) is 13.0. The smallest absolute Gasteiger partial charge is 0.335 e. The fourth-order valence-electron chi connectivity index (χ4n) is 2.33. The van der Waals surface area contributed by atoms with Crippen LogP contribution in [0.25, 0.3) is 0 Å². The number of ether oxygens (including phenoxy) is 2. The molecule has 1 amide bonds. The normalized spacial score (nSPS) is 14.0. The Hall–Kier alpha value is -2.47. The van der Waals surface area contributed by atoms with E-state index in [9.17, 15) is 14.4 Å². The molecule has 0 N–H and O–H groups in total. The van der Waals surface area contributed by atoms with Crippen LogP contribution in [0.15, 0.2) is 30.9 Å². The molecule has 0 aliphatic carbocycles. The molecule has 1 aromatic carbocycles. The number of ketones is 1. The van der Waals surface area contributed by atoms with E-state index in [2.05, 4.69) is 6.58 Å². The van der Waals surface area contributed by atoms with Crippen molar-refractivity contribution in [1.29, 1.82) is 0 Å². The van der Waals surface area contributed by atoms with Gasteiger partial charge in [0, 0.05) is 17.8 Å². The number of fused-ring (bicyclic) bond motifs is 1. The molecule has 6 nitrogen and oxygen atoms in total. The summed E-state index contributed by atoms with van der Waals surface area (Å²) < 4.78 is 10.1. The minimum atomic E-state index is -0.748. The van der Waals surface area contributed by atoms with Crippen LogP contribution in [0.4, 0.5) is 5.69 Å². The quantitative estimate of drug-likeness (QED) is 0.315. The number of carbonyl (C=O) groups excluding carboxylic acids is 3. The average molecular weight is 317 g/mol. The molecule has 1 atom stereocenters. The van der Waals surface area contributed by atoms with Gasteiger partial charge in [0.1, 0.15) is 0 Å². The third-order valence-corrected chi connectivity index (χ3v) is 3.60. The molecule has 0 saturated heterocycles. The Morgan fingerprint density at radius 2 is 2.22 bits per heavy atom. The number of amides is 1. The first-order chi connectivity index (χ1) is 11.1. The lowest BCUT2D eigenvalue weighted by molar-refractivity contribution is -0.154. The molecular weight excluding hydrogens is 298 g/mol. The van der Waals surface area contributed by atoms with E-state index in [1.54, 1.807) is 30.0 Å². The van der Waals surface area contributed by atoms with Crippen molar-refractivity contribution >= 4 is 23.9 Å². The number of carbonyl (C=O) groups is 3. The molecule has 0 saturated carbocycles. The molecule has 0 aromatic heterocycles. The third kappa shape index (κ3) is 4.04. The Morgan fingerprint density at radius 3 is 2.91 bits per heavy atom. The van der Waals surface area contributed by atoms with Gasteiger partial charge in [-0.1, -0.05) is 6.08 Å². The van der Waals surface area contributed by atoms with E-state index in [0.29, 0.717) is 18.5 Å². The summed E-state index contributed by atoms with van der Waals surface area (Å²) in [7, 11) is 0. The summed E-state index contributed by atoms with van der Waals surface area (Å²) in [5, 5.41) is 0. The molecule has 0 fully saturated rings. The molecule has 0 bridgehead atoms. The van der Waals surface area contributed by atoms with Gasteiger partial charge >= 0.3 is 5.97 Å². The Kier molecular flexibility index (Phi) is 5.65. The molecule has 23 heavy (non-hydrogen) atoms. The molecule has 122 valence electrons. The number of Topliss-reactive ketones (excluding diaryl/α,β-unsaturated/α-hetero) is 1. The van der Waals surface area contributed by atoms with Gasteiger partial charge in [0.05, 0.1) is 6.61 Å². The van der Waals surface area contributed by atoms with Gasteiger partial charge in [0.15, 0.2) is 18.5 Å². The molecule has 1 aliphatic heterocycles. The summed E-state index contributed by atoms with van der Waals surface area (Å²) in [4.78, 5) is 36.3. The van der Waals surface area contributed by atoms with Crippen molar-refractivity contribution in [2.24, 2.45) is 0 Å². The monoisotopic (exact) mass is 317 g/mol. The first-order valence-electron chi connectivity index (χ1n) is 7.34. The molecule has 6 heteroatoms. The predicted octanol–water partition coefficient (Wildman–Crippen LogP) is 1.52. The van der Waals surface area contributed by atoms with Crippen molar-refractivity contribution in [2.45, 2.75) is 19.4 Å². The van der Waals surface area contributed by atoms with Crippen LogP contribution in [-0.4, -0.2) is 44.0 Å². The van der Waals surface area contributed by atoms with Crippen molar-refractivity contribution in [1.82, 2.24) is 0 Å². The highest BCUT2D eigenvalue weighted by molar-refractivity contribution is 5.99. The summed E-state index contributed by atoms with van der Waals surface area (Å²) >= 11 is 0. The topological polar surface area (TPSA) is 72.9 Å². The molecule has 1 aromatic rings. The molecule has 1 unspecified atom stereocenters. The van der Waals surface area contributed by atoms with E-state index in [1.165, 1.54) is 6.08 Å². The number of hydrogen-bond donors (Lipinski definition) is 0. The zero-order chi connectivity index (χ0) is 16.8. The van der Waals surface area contributed by atoms with Gasteiger partial charge in [-0.25, -0.2) is 4.79 Å². The van der Waals surface area contributed by atoms with Crippen LogP contribution in [0.1, 0.15) is 22.8 Å². The van der Waals surface area contributed by atoms with E-state index >= 15 is 0 Å². The maximum Gasteiger partial charge on any atom is 0.335 e. The largest absolute Gasteiger partial charge is 0.455 e. The first kappa shape index (κ1) is 16.9. The lowest BCUT2D eigenvalue weighted by Gasteiger charge is -2.12. The summed E-state index contributed by atoms with van der Waals surface area (Å²) in [6.07, 6.45) is 2.27. The van der Waals surface area contributed by atoms with E-state index < -0.39 is 12.1 Å². The predicted molar refractivity (Wildman–Crippen MR) is 84.5 cm³/mol. The maximum absolute atomic E-state index is 12.1. The molecule has 0 radical (unpaired) electrons. The Balaban J connectivity index is 1.93. The second-order valence-corrected chi connectivity index (χ2v) is 5.19. The van der Waals surface area contributed by atoms with Gasteiger partial charge in [0.2, 0.25) is 6.41 Å². The van der Waals surface area contributed by atoms with Crippen LogP contribution >= 0.6 is 0 Å². The molecular formula is C17H19NO5. The number of hydrogen-bond acceptors (Lipinski definition) is 5. The first-order valence-corrected chi connectivity index (χ1v) is 7.34. The van der Waals surface area contributed by atoms with E-state index in [-0.39, 0.29) is 19.0 Å². The minimum Gasteiger partial charge on any atom is -0.455 e. The highest BCUT2D eigenvalue weighted by atomic mass is 16.6. The zero-order valence-corrected chi connectivity index (χ0v) is 13.0. The number of esters is 1. The van der Waals surface area contributed by atoms with Crippen LogP contribution < -0.4 is 4.90 Å². The standard InChI is InChI=1S/C17H19NO5/c1-3-8-22-12(2)17(21)23-10-16(20)14-4-5-15-13(9-14)6-7-18(15)11-19/h3-5,9,11-12H,1,6-8,10H2,2H3. The SMILES string of the molecule is C=CCOC(C)C(=O)OCC(=O)c1ccc2c(c1)CCN2C=O. The number of nitrogens with zero attached hydrogens (tertiary/aromatic N) is 1. The van der Waals surface area contributed by atoms with Crippen molar-refractivity contribution < 1.29 is 23.9 Å². The van der Waals surface area contributed by atoms with Crippen molar-refractivity contribution in [3.63, 3.8) is 0 Å². The average Bonchev–Trinajstić information content (AvgIpc) is 2.99. The Morgan fingerprint density at radius 1 is 1.43 bits per heavy atom. The third-order valence-electron chi connectivity index (χ3n) is 3.60. The van der Waals surface area contributed by atoms with Crippen molar-refractivity contribution in [2.75, 3.05) is 24.7 Å². The van der Waals surface area contributed by atoms with Gasteiger partial charge in [0.25, 0.3) is 0 Å². The number of benzene rings is 1. The highest BCUT2D eigenvalue weighted by Crippen LogP contribution is 2.27. The van der Waals surface area contributed by atoms with Crippen LogP contribution in [0.3, 0.4) is 0 Å². The van der Waals surface area contributed by atoms with Crippen LogP contribution in [0.5, 0.6) is 0 Å². The molecule has 2 rings (SSSR count). The van der Waals surface area contributed by atoms with Crippen LogP contribution in [0.2, 0.25) is 0 Å². The second kappa shape index (κ2) is 7.69. The van der Waals surface area contributed by atoms with Crippen molar-refractivity contribution in [3.05, 3.63) is 42.0 Å². The summed E-state index contributed by atoms with van der Waals surface area (Å²) in [5.41, 5.74) is 2.22. The van der Waals surface area contributed by atoms with E-state index in [0.717, 1.165) is 17.7 Å². The van der Waals surface area contributed by atoms with Crippen LogP contribution in [0, 0.1) is 0 Å². The lowest BCUT2D eigenvalue weighted by atomic mass is 10.1. The maximum atomic E-state index is 12.1. The van der Waals surface area contributed by atoms with Gasteiger partial charge in [-0.15, -0.1) is 6.58 Å². The number of anilines is 1. The van der Waals surface area contributed by atoms with Gasteiger partial charge in [-0.2, -0.15) is 0 Å². The Labute approximate surface area is 134 Å². The number of rotatable bonds is 8. The van der Waals surface area contributed by atoms with E-state index in [4.69, 9.17) is 9.47 Å². The van der Waals surface area contributed by atoms with Crippen LogP contribution in [-0.2, 0) is 25.5 Å². The second-order valence-electron chi connectivity index (χ2n) is 5.19. The Bertz CT molecular complexity index is 625. The molecule has 1 aliphatic rings. The van der Waals surface area contributed by atoms with Gasteiger partial charge in [-0.3, -0.25) is 9.59 Å². The summed E-state index contributed by atoms with van der Waals surface area (Å²) in [6, 6.07) is 5.11.